The molecule has 0 saturated heterocycles. The van der Waals surface area contributed by atoms with E-state index in [-0.39, 0.29) is 6.04 Å². The Morgan fingerprint density at radius 1 is 1.36 bits per heavy atom. The molecule has 0 heterocycles. The molecule has 0 aliphatic rings. The second-order valence-corrected chi connectivity index (χ2v) is 3.23. The summed E-state index contributed by atoms with van der Waals surface area (Å²) < 4.78 is 1.07. The van der Waals surface area contributed by atoms with Crippen LogP contribution in [-0.4, -0.2) is 0 Å². The Morgan fingerprint density at radius 2 is 1.91 bits per heavy atom. The summed E-state index contributed by atoms with van der Waals surface area (Å²) in [7, 11) is 0. The smallest absolute Gasteiger partial charge is 0.0478 e. The molecule has 0 fully saturated rings. The molecule has 1 aromatic carbocycles. The van der Waals surface area contributed by atoms with Crippen LogP contribution in [0.3, 0.4) is 0 Å². The Labute approximate surface area is 75.0 Å². The van der Waals surface area contributed by atoms with Gasteiger partial charge in [0.15, 0.2) is 0 Å². The first-order valence-corrected chi connectivity index (χ1v) is 4.17. The Morgan fingerprint density at radius 3 is 2.36 bits per heavy atom. The van der Waals surface area contributed by atoms with Gasteiger partial charge in [0.25, 0.3) is 0 Å². The fourth-order valence-corrected chi connectivity index (χ4v) is 1.09. The van der Waals surface area contributed by atoms with Crippen LogP contribution in [0, 0.1) is 0 Å². The summed E-state index contributed by atoms with van der Waals surface area (Å²) in [5, 5.41) is 0. The molecule has 2 N–H and O–H groups in total. The van der Waals surface area contributed by atoms with Crippen molar-refractivity contribution in [3.63, 3.8) is 0 Å². The zero-order chi connectivity index (χ0) is 8.27. The second-order valence-electron chi connectivity index (χ2n) is 2.31. The van der Waals surface area contributed by atoms with E-state index in [1.807, 2.05) is 24.3 Å². The fourth-order valence-electron chi connectivity index (χ4n) is 0.821. The van der Waals surface area contributed by atoms with Crippen molar-refractivity contribution in [1.82, 2.24) is 0 Å². The first kappa shape index (κ1) is 8.50. The van der Waals surface area contributed by atoms with E-state index in [1.54, 1.807) is 6.08 Å². The van der Waals surface area contributed by atoms with Gasteiger partial charge in [-0.05, 0) is 17.7 Å². The van der Waals surface area contributed by atoms with Gasteiger partial charge in [0.1, 0.15) is 0 Å². The van der Waals surface area contributed by atoms with E-state index in [9.17, 15) is 0 Å². The zero-order valence-electron chi connectivity index (χ0n) is 6.13. The summed E-state index contributed by atoms with van der Waals surface area (Å²) in [6, 6.07) is 7.85. The molecule has 1 rings (SSSR count). The third kappa shape index (κ3) is 2.17. The molecule has 0 unspecified atom stereocenters. The maximum absolute atomic E-state index is 5.71. The maximum Gasteiger partial charge on any atom is 0.0478 e. The van der Waals surface area contributed by atoms with E-state index >= 15 is 0 Å². The third-order valence-electron chi connectivity index (χ3n) is 1.51. The molecule has 1 nitrogen and oxygen atoms in total. The number of hydrogen-bond acceptors (Lipinski definition) is 1. The average Bonchev–Trinajstić information content (AvgIpc) is 2.05. The molecule has 2 heteroatoms. The largest absolute Gasteiger partial charge is 0.321 e. The quantitative estimate of drug-likeness (QED) is 0.749. The fraction of sp³-hybridized carbons (Fsp3) is 0.111. The lowest BCUT2D eigenvalue weighted by atomic mass is 10.1. The Kier molecular flexibility index (Phi) is 2.85. The summed E-state index contributed by atoms with van der Waals surface area (Å²) in [4.78, 5) is 0. The minimum absolute atomic E-state index is 0.0527. The van der Waals surface area contributed by atoms with Gasteiger partial charge >= 0.3 is 0 Å². The van der Waals surface area contributed by atoms with Gasteiger partial charge in [-0.15, -0.1) is 6.58 Å². The summed E-state index contributed by atoms with van der Waals surface area (Å²) in [5.74, 6) is 0. The zero-order valence-corrected chi connectivity index (χ0v) is 7.71. The van der Waals surface area contributed by atoms with Gasteiger partial charge in [-0.2, -0.15) is 0 Å². The van der Waals surface area contributed by atoms with E-state index in [2.05, 4.69) is 22.5 Å². The van der Waals surface area contributed by atoms with Crippen LogP contribution < -0.4 is 5.73 Å². The minimum Gasteiger partial charge on any atom is -0.321 e. The highest BCUT2D eigenvalue weighted by molar-refractivity contribution is 9.10. The average molecular weight is 212 g/mol. The SMILES string of the molecule is C=C[C@@H](N)c1ccc(Br)cc1. The van der Waals surface area contributed by atoms with Crippen molar-refractivity contribution < 1.29 is 0 Å². The molecule has 58 valence electrons. The van der Waals surface area contributed by atoms with Crippen molar-refractivity contribution in [1.29, 1.82) is 0 Å². The van der Waals surface area contributed by atoms with E-state index in [1.165, 1.54) is 0 Å². The molecule has 0 saturated carbocycles. The van der Waals surface area contributed by atoms with Crippen LogP contribution in [-0.2, 0) is 0 Å². The van der Waals surface area contributed by atoms with Crippen LogP contribution in [0.5, 0.6) is 0 Å². The van der Waals surface area contributed by atoms with Crippen LogP contribution in [0.15, 0.2) is 41.4 Å². The van der Waals surface area contributed by atoms with Gasteiger partial charge in [0.05, 0.1) is 0 Å². The number of rotatable bonds is 2. The van der Waals surface area contributed by atoms with E-state index in [4.69, 9.17) is 5.73 Å². The van der Waals surface area contributed by atoms with Gasteiger partial charge in [0, 0.05) is 10.5 Å². The van der Waals surface area contributed by atoms with Crippen LogP contribution in [0.25, 0.3) is 0 Å². The molecule has 0 aliphatic carbocycles. The van der Waals surface area contributed by atoms with Gasteiger partial charge < -0.3 is 5.73 Å². The molecular weight excluding hydrogens is 202 g/mol. The van der Waals surface area contributed by atoms with E-state index in [0.29, 0.717) is 0 Å². The summed E-state index contributed by atoms with van der Waals surface area (Å²) >= 11 is 3.35. The van der Waals surface area contributed by atoms with Crippen LogP contribution in [0.2, 0.25) is 0 Å². The summed E-state index contributed by atoms with van der Waals surface area (Å²) in [6.07, 6.45) is 1.73. The molecule has 0 radical (unpaired) electrons. The number of nitrogens with two attached hydrogens (primary N) is 1. The lowest BCUT2D eigenvalue weighted by molar-refractivity contribution is 0.914. The normalized spacial score (nSPS) is 12.5. The highest BCUT2D eigenvalue weighted by Crippen LogP contribution is 2.15. The topological polar surface area (TPSA) is 26.0 Å². The van der Waals surface area contributed by atoms with Crippen LogP contribution >= 0.6 is 15.9 Å². The molecule has 0 aromatic heterocycles. The van der Waals surface area contributed by atoms with Crippen molar-refractivity contribution >= 4 is 15.9 Å². The molecule has 11 heavy (non-hydrogen) atoms. The first-order chi connectivity index (χ1) is 5.24. The third-order valence-corrected chi connectivity index (χ3v) is 2.04. The maximum atomic E-state index is 5.71. The molecule has 0 bridgehead atoms. The molecule has 0 amide bonds. The predicted molar refractivity (Wildman–Crippen MR) is 51.3 cm³/mol. The lowest BCUT2D eigenvalue weighted by Gasteiger charge is -2.05. The standard InChI is InChI=1S/C9H10BrN/c1-2-9(11)7-3-5-8(10)6-4-7/h2-6,9H,1,11H2/t9-/m1/s1. The number of hydrogen-bond donors (Lipinski definition) is 1. The van der Waals surface area contributed by atoms with Crippen molar-refractivity contribution in [2.24, 2.45) is 5.73 Å². The van der Waals surface area contributed by atoms with Gasteiger partial charge in [-0.25, -0.2) is 0 Å². The second kappa shape index (κ2) is 3.69. The Hall–Kier alpha value is -0.600. The van der Waals surface area contributed by atoms with Crippen LogP contribution in [0.1, 0.15) is 11.6 Å². The van der Waals surface area contributed by atoms with Gasteiger partial charge in [0.2, 0.25) is 0 Å². The van der Waals surface area contributed by atoms with Crippen LogP contribution in [0.4, 0.5) is 0 Å². The first-order valence-electron chi connectivity index (χ1n) is 3.37. The number of halogens is 1. The molecule has 1 aromatic rings. The molecule has 1 atom stereocenters. The Balaban J connectivity index is 2.89. The highest BCUT2D eigenvalue weighted by atomic mass is 79.9. The molecule has 0 spiro atoms. The summed E-state index contributed by atoms with van der Waals surface area (Å²) in [5.41, 5.74) is 6.80. The predicted octanol–water partition coefficient (Wildman–Crippen LogP) is 2.63. The van der Waals surface area contributed by atoms with E-state index < -0.39 is 0 Å². The van der Waals surface area contributed by atoms with Crippen molar-refractivity contribution in [2.45, 2.75) is 6.04 Å². The minimum atomic E-state index is -0.0527. The Bertz CT molecular complexity index is 240. The van der Waals surface area contributed by atoms with Crippen molar-refractivity contribution in [2.75, 3.05) is 0 Å². The lowest BCUT2D eigenvalue weighted by Crippen LogP contribution is -2.05. The molecule has 0 aliphatic heterocycles. The summed E-state index contributed by atoms with van der Waals surface area (Å²) in [6.45, 7) is 3.62. The van der Waals surface area contributed by atoms with Gasteiger partial charge in [-0.1, -0.05) is 34.1 Å². The van der Waals surface area contributed by atoms with Crippen molar-refractivity contribution in [3.8, 4) is 0 Å². The van der Waals surface area contributed by atoms with Gasteiger partial charge in [-0.3, -0.25) is 0 Å². The monoisotopic (exact) mass is 211 g/mol. The molecular formula is C9H10BrN. The van der Waals surface area contributed by atoms with E-state index in [0.717, 1.165) is 10.0 Å². The number of benzene rings is 1. The highest BCUT2D eigenvalue weighted by Gasteiger charge is 1.98. The van der Waals surface area contributed by atoms with Crippen molar-refractivity contribution in [3.05, 3.63) is 47.0 Å².